The van der Waals surface area contributed by atoms with Gasteiger partial charge in [0, 0.05) is 19.7 Å². The quantitative estimate of drug-likeness (QED) is 0.384. The number of carbonyl (C=O) groups is 2. The Labute approximate surface area is 167 Å². The number of carbonyl (C=O) groups excluding carboxylic acids is 2. The highest BCUT2D eigenvalue weighted by atomic mass is 16.6. The fourth-order valence-corrected chi connectivity index (χ4v) is 2.17. The summed E-state index contributed by atoms with van der Waals surface area (Å²) in [6.45, 7) is 12.0. The number of nitrogens with two attached hydrogens (primary N) is 1. The lowest BCUT2D eigenvalue weighted by Gasteiger charge is -2.23. The minimum atomic E-state index is -1.16. The molecule has 0 aliphatic rings. The molecule has 0 aromatic carbocycles. The fourth-order valence-electron chi connectivity index (χ4n) is 2.17. The van der Waals surface area contributed by atoms with Crippen LogP contribution in [0.2, 0.25) is 0 Å². The lowest BCUT2D eigenvalue weighted by atomic mass is 10.1. The van der Waals surface area contributed by atoms with Gasteiger partial charge in [-0.15, -0.1) is 0 Å². The Morgan fingerprint density at radius 2 is 2.00 bits per heavy atom. The summed E-state index contributed by atoms with van der Waals surface area (Å²) < 4.78 is 6.14. The molecule has 1 heterocycles. The maximum Gasteiger partial charge on any atom is 0.408 e. The van der Waals surface area contributed by atoms with Gasteiger partial charge in [-0.05, 0) is 33.1 Å². The number of nitrogen functional groups attached to an aromatic ring is 1. The van der Waals surface area contributed by atoms with Crippen molar-refractivity contribution in [2.75, 3.05) is 11.1 Å². The minimum Gasteiger partial charge on any atom is -0.444 e. The third-order valence-corrected chi connectivity index (χ3v) is 3.58. The van der Waals surface area contributed by atoms with Gasteiger partial charge in [0.05, 0.1) is 0 Å². The summed E-state index contributed by atoms with van der Waals surface area (Å²) in [5.41, 5.74) is 3.54. The first kappa shape index (κ1) is 23.4. The largest absolute Gasteiger partial charge is 0.444 e. The Kier molecular flexibility index (Phi) is 7.69. The van der Waals surface area contributed by atoms with Gasteiger partial charge >= 0.3 is 11.8 Å². The number of rotatable bonds is 7. The molecule has 0 radical (unpaired) electrons. The number of ether oxygens (including phenoxy) is 1. The normalized spacial score (nSPS) is 12.6. The van der Waals surface area contributed by atoms with E-state index in [9.17, 15) is 19.2 Å². The first-order valence-electron chi connectivity index (χ1n) is 8.56. The van der Waals surface area contributed by atoms with E-state index in [0.29, 0.717) is 5.57 Å². The summed E-state index contributed by atoms with van der Waals surface area (Å²) in [5.74, 6) is -1.00. The Morgan fingerprint density at radius 1 is 1.38 bits per heavy atom. The molecule has 29 heavy (non-hydrogen) atoms. The lowest BCUT2D eigenvalue weighted by Crippen LogP contribution is -2.47. The number of H-pyrrole nitrogens is 1. The number of aromatic amines is 1. The number of nitrogens with zero attached hydrogens (tertiary/aromatic N) is 2. The molecule has 1 aromatic heterocycles. The Bertz CT molecular complexity index is 951. The molecule has 1 aromatic rings. The number of aliphatic imine (C=N–C) groups is 1. The number of nitrogens with one attached hydrogen (secondary N) is 3. The van der Waals surface area contributed by atoms with Crippen molar-refractivity contribution in [3.63, 3.8) is 0 Å². The van der Waals surface area contributed by atoms with Gasteiger partial charge in [0.25, 0.3) is 5.56 Å². The summed E-state index contributed by atoms with van der Waals surface area (Å²) in [4.78, 5) is 54.2. The number of alkyl carbamates (subject to hydrolysis) is 1. The second kappa shape index (κ2) is 9.53. The average Bonchev–Trinajstić information content (AvgIpc) is 2.60. The molecule has 0 aliphatic carbocycles. The van der Waals surface area contributed by atoms with E-state index in [0.717, 1.165) is 4.57 Å². The van der Waals surface area contributed by atoms with Crippen molar-refractivity contribution in [2.24, 2.45) is 12.0 Å². The van der Waals surface area contributed by atoms with Crippen LogP contribution in [0.3, 0.4) is 0 Å². The molecular formula is C18H26N6O5. The van der Waals surface area contributed by atoms with E-state index in [1.807, 2.05) is 4.98 Å². The van der Waals surface area contributed by atoms with Crippen LogP contribution in [0.1, 0.15) is 27.2 Å². The summed E-state index contributed by atoms with van der Waals surface area (Å²) in [5, 5.41) is 4.78. The molecule has 1 rings (SSSR count). The van der Waals surface area contributed by atoms with Crippen LogP contribution in [0.15, 0.2) is 39.0 Å². The second-order valence-corrected chi connectivity index (χ2v) is 7.06. The lowest BCUT2D eigenvalue weighted by molar-refractivity contribution is -0.118. The highest BCUT2D eigenvalue weighted by Crippen LogP contribution is 2.14. The number of aromatic nitrogens is 2. The zero-order valence-corrected chi connectivity index (χ0v) is 16.9. The molecule has 11 heteroatoms. The number of anilines is 2. The monoisotopic (exact) mass is 406 g/mol. The van der Waals surface area contributed by atoms with Gasteiger partial charge in [0.1, 0.15) is 23.1 Å². The first-order chi connectivity index (χ1) is 13.4. The van der Waals surface area contributed by atoms with Crippen molar-refractivity contribution in [1.29, 1.82) is 0 Å². The fraction of sp³-hybridized carbons (Fsp3) is 0.389. The van der Waals surface area contributed by atoms with Crippen molar-refractivity contribution < 1.29 is 14.3 Å². The van der Waals surface area contributed by atoms with Gasteiger partial charge in [0.2, 0.25) is 5.91 Å². The van der Waals surface area contributed by atoms with Gasteiger partial charge in [-0.3, -0.25) is 24.1 Å². The highest BCUT2D eigenvalue weighted by Gasteiger charge is 2.26. The maximum absolute atomic E-state index is 12.8. The molecule has 2 amide bonds. The topological polar surface area (TPSA) is 161 Å². The van der Waals surface area contributed by atoms with Crippen LogP contribution in [0.4, 0.5) is 16.3 Å². The first-order valence-corrected chi connectivity index (χ1v) is 8.56. The van der Waals surface area contributed by atoms with Gasteiger partial charge in [-0.25, -0.2) is 9.59 Å². The molecule has 0 fully saturated rings. The van der Waals surface area contributed by atoms with Crippen LogP contribution in [0.25, 0.3) is 0 Å². The van der Waals surface area contributed by atoms with Crippen molar-refractivity contribution in [1.82, 2.24) is 14.9 Å². The zero-order chi connectivity index (χ0) is 22.4. The molecule has 0 saturated carbocycles. The van der Waals surface area contributed by atoms with Crippen LogP contribution >= 0.6 is 0 Å². The van der Waals surface area contributed by atoms with Crippen LogP contribution in [-0.2, 0) is 16.6 Å². The van der Waals surface area contributed by atoms with E-state index in [1.165, 1.54) is 19.3 Å². The molecule has 158 valence electrons. The predicted molar refractivity (Wildman–Crippen MR) is 111 cm³/mol. The van der Waals surface area contributed by atoms with Crippen molar-refractivity contribution in [3.05, 3.63) is 45.3 Å². The summed E-state index contributed by atoms with van der Waals surface area (Å²) in [6.07, 6.45) is 1.96. The van der Waals surface area contributed by atoms with Crippen LogP contribution in [-0.4, -0.2) is 39.9 Å². The smallest absolute Gasteiger partial charge is 0.408 e. The van der Waals surface area contributed by atoms with Gasteiger partial charge < -0.3 is 21.1 Å². The minimum absolute atomic E-state index is 0.0167. The molecule has 1 atom stereocenters. The number of allylic oxidation sites excluding steroid dienone is 1. The van der Waals surface area contributed by atoms with Crippen LogP contribution in [0.5, 0.6) is 0 Å². The second-order valence-electron chi connectivity index (χ2n) is 7.06. The van der Waals surface area contributed by atoms with Crippen molar-refractivity contribution >= 4 is 30.2 Å². The zero-order valence-electron chi connectivity index (χ0n) is 16.9. The summed E-state index contributed by atoms with van der Waals surface area (Å²) in [7, 11) is 1.33. The van der Waals surface area contributed by atoms with E-state index in [4.69, 9.17) is 10.5 Å². The Balaban J connectivity index is 3.21. The Hall–Kier alpha value is -3.63. The van der Waals surface area contributed by atoms with Gasteiger partial charge in [-0.1, -0.05) is 12.7 Å². The van der Waals surface area contributed by atoms with Gasteiger partial charge in [0.15, 0.2) is 0 Å². The predicted octanol–water partition coefficient (Wildman–Crippen LogP) is 0.648. The van der Waals surface area contributed by atoms with E-state index in [2.05, 4.69) is 28.9 Å². The molecule has 1 unspecified atom stereocenters. The summed E-state index contributed by atoms with van der Waals surface area (Å²) in [6, 6.07) is -1.16. The number of hydrogen-bond donors (Lipinski definition) is 4. The average molecular weight is 406 g/mol. The summed E-state index contributed by atoms with van der Waals surface area (Å²) >= 11 is 0. The molecule has 0 aliphatic heterocycles. The number of amides is 2. The molecule has 5 N–H and O–H groups in total. The molecular weight excluding hydrogens is 380 g/mol. The van der Waals surface area contributed by atoms with Gasteiger partial charge in [-0.2, -0.15) is 0 Å². The third-order valence-electron chi connectivity index (χ3n) is 3.58. The van der Waals surface area contributed by atoms with Crippen LogP contribution < -0.4 is 27.6 Å². The van der Waals surface area contributed by atoms with Crippen molar-refractivity contribution in [2.45, 2.75) is 38.8 Å². The van der Waals surface area contributed by atoms with Crippen molar-refractivity contribution in [3.8, 4) is 0 Å². The maximum atomic E-state index is 12.8. The SMILES string of the molecule is C=C/C(=C\N=C)CC(NC(=O)OC(C)(C)C)C(=O)Nc1c(N)n(C)c(=O)[nH]c1=O. The molecule has 0 bridgehead atoms. The van der Waals surface area contributed by atoms with E-state index in [1.54, 1.807) is 20.8 Å². The molecule has 0 saturated heterocycles. The van der Waals surface area contributed by atoms with E-state index < -0.39 is 34.9 Å². The standard InChI is InChI=1S/C18H26N6O5/c1-7-10(9-20-5)8-11(21-17(28)29-18(2,3)4)14(25)22-12-13(19)24(6)16(27)23-15(12)26/h7,9,11H,1,5,8,19H2,2-4,6H3,(H,21,28)(H,22,25)(H,23,26,27)/b10-9+. The highest BCUT2D eigenvalue weighted by molar-refractivity contribution is 5.98. The van der Waals surface area contributed by atoms with E-state index in [-0.39, 0.29) is 17.9 Å². The third kappa shape index (κ3) is 6.79. The Morgan fingerprint density at radius 3 is 2.52 bits per heavy atom. The van der Waals surface area contributed by atoms with Crippen LogP contribution in [0, 0.1) is 0 Å². The van der Waals surface area contributed by atoms with E-state index >= 15 is 0 Å². The molecule has 0 spiro atoms. The molecule has 11 nitrogen and oxygen atoms in total. The number of hydrogen-bond acceptors (Lipinski definition) is 7.